The van der Waals surface area contributed by atoms with Gasteiger partial charge in [0.15, 0.2) is 0 Å². The first-order chi connectivity index (χ1) is 7.52. The summed E-state index contributed by atoms with van der Waals surface area (Å²) in [5.41, 5.74) is 0. The van der Waals surface area contributed by atoms with Crippen LogP contribution in [0.3, 0.4) is 0 Å². The third-order valence-electron chi connectivity index (χ3n) is 2.25. The standard InChI is InChI=1S/C12H16O4/c1-3-4-5-6-11(9(2)14)10(8-13)7-12(15)16/h8,10-11H,3,6-7H2,1-2H3,(H,15,16). The first kappa shape index (κ1) is 14.4. The molecule has 0 saturated carbocycles. The lowest BCUT2D eigenvalue weighted by atomic mass is 9.85. The maximum absolute atomic E-state index is 11.3. The van der Waals surface area contributed by atoms with Crippen molar-refractivity contribution in [2.45, 2.75) is 33.1 Å². The topological polar surface area (TPSA) is 71.4 Å². The third kappa shape index (κ3) is 5.30. The van der Waals surface area contributed by atoms with E-state index >= 15 is 0 Å². The van der Waals surface area contributed by atoms with Gasteiger partial charge in [-0.2, -0.15) is 0 Å². The largest absolute Gasteiger partial charge is 0.481 e. The number of ketones is 1. The summed E-state index contributed by atoms with van der Waals surface area (Å²) in [6.07, 6.45) is 1.14. The summed E-state index contributed by atoms with van der Waals surface area (Å²) in [6, 6.07) is 0. The predicted molar refractivity (Wildman–Crippen MR) is 58.7 cm³/mol. The molecule has 0 aromatic carbocycles. The molecule has 0 aromatic rings. The molecule has 0 aliphatic rings. The van der Waals surface area contributed by atoms with Crippen LogP contribution >= 0.6 is 0 Å². The molecule has 0 aliphatic carbocycles. The van der Waals surface area contributed by atoms with Crippen molar-refractivity contribution in [3.05, 3.63) is 0 Å². The van der Waals surface area contributed by atoms with Crippen molar-refractivity contribution >= 4 is 18.0 Å². The van der Waals surface area contributed by atoms with Crippen molar-refractivity contribution in [1.82, 2.24) is 0 Å². The first-order valence-electron chi connectivity index (χ1n) is 5.16. The fourth-order valence-electron chi connectivity index (χ4n) is 1.39. The van der Waals surface area contributed by atoms with Gasteiger partial charge in [0.05, 0.1) is 6.42 Å². The number of carbonyl (C=O) groups is 3. The first-order valence-corrected chi connectivity index (χ1v) is 5.16. The second-order valence-corrected chi connectivity index (χ2v) is 3.53. The lowest BCUT2D eigenvalue weighted by molar-refractivity contribution is -0.140. The number of Topliss-reactive ketones (excluding diaryl/α,β-unsaturated/α-hetero) is 1. The van der Waals surface area contributed by atoms with Gasteiger partial charge in [0.25, 0.3) is 0 Å². The van der Waals surface area contributed by atoms with E-state index in [1.165, 1.54) is 6.92 Å². The number of hydrogen-bond donors (Lipinski definition) is 1. The zero-order valence-corrected chi connectivity index (χ0v) is 9.53. The Balaban J connectivity index is 4.65. The molecule has 0 aromatic heterocycles. The average Bonchev–Trinajstić information content (AvgIpc) is 2.21. The van der Waals surface area contributed by atoms with E-state index in [0.717, 1.165) is 0 Å². The lowest BCUT2D eigenvalue weighted by Crippen LogP contribution is -2.25. The number of carboxylic acids is 1. The molecule has 0 radical (unpaired) electrons. The van der Waals surface area contributed by atoms with Crippen molar-refractivity contribution in [1.29, 1.82) is 0 Å². The van der Waals surface area contributed by atoms with Crippen LogP contribution in [0.4, 0.5) is 0 Å². The van der Waals surface area contributed by atoms with Gasteiger partial charge < -0.3 is 9.90 Å². The van der Waals surface area contributed by atoms with Gasteiger partial charge in [-0.15, -0.1) is 11.8 Å². The van der Waals surface area contributed by atoms with E-state index in [1.807, 2.05) is 6.92 Å². The Morgan fingerprint density at radius 2 is 2.00 bits per heavy atom. The number of carboxylic acid groups (broad SMARTS) is 1. The van der Waals surface area contributed by atoms with Crippen LogP contribution in [0.25, 0.3) is 0 Å². The molecule has 0 amide bonds. The molecule has 1 N–H and O–H groups in total. The molecule has 4 nitrogen and oxygen atoms in total. The van der Waals surface area contributed by atoms with Crippen LogP contribution in [0.5, 0.6) is 0 Å². The van der Waals surface area contributed by atoms with E-state index in [2.05, 4.69) is 11.8 Å². The normalized spacial score (nSPS) is 13.1. The Labute approximate surface area is 95.0 Å². The van der Waals surface area contributed by atoms with Gasteiger partial charge >= 0.3 is 5.97 Å². The SMILES string of the molecule is CCC#CCC(C(C)=O)C(C=O)CC(=O)O. The summed E-state index contributed by atoms with van der Waals surface area (Å²) in [7, 11) is 0. The summed E-state index contributed by atoms with van der Waals surface area (Å²) in [5, 5.41) is 8.61. The van der Waals surface area contributed by atoms with Crippen molar-refractivity contribution in [2.75, 3.05) is 0 Å². The quantitative estimate of drug-likeness (QED) is 0.545. The highest BCUT2D eigenvalue weighted by Crippen LogP contribution is 2.18. The second-order valence-electron chi connectivity index (χ2n) is 3.53. The van der Waals surface area contributed by atoms with Crippen LogP contribution in [-0.4, -0.2) is 23.1 Å². The molecule has 4 heteroatoms. The monoisotopic (exact) mass is 224 g/mol. The third-order valence-corrected chi connectivity index (χ3v) is 2.25. The summed E-state index contributed by atoms with van der Waals surface area (Å²) in [4.78, 5) is 32.6. The number of carbonyl (C=O) groups excluding carboxylic acids is 2. The Hall–Kier alpha value is -1.63. The van der Waals surface area contributed by atoms with Crippen LogP contribution < -0.4 is 0 Å². The minimum atomic E-state index is -1.08. The van der Waals surface area contributed by atoms with Gasteiger partial charge in [-0.1, -0.05) is 6.92 Å². The fourth-order valence-corrected chi connectivity index (χ4v) is 1.39. The lowest BCUT2D eigenvalue weighted by Gasteiger charge is -2.16. The van der Waals surface area contributed by atoms with Crippen LogP contribution in [0.1, 0.15) is 33.1 Å². The zero-order valence-electron chi connectivity index (χ0n) is 9.53. The average molecular weight is 224 g/mol. The zero-order chi connectivity index (χ0) is 12.6. The van der Waals surface area contributed by atoms with Gasteiger partial charge in [-0.25, -0.2) is 0 Å². The van der Waals surface area contributed by atoms with E-state index in [0.29, 0.717) is 12.7 Å². The van der Waals surface area contributed by atoms with Gasteiger partial charge in [0.2, 0.25) is 0 Å². The van der Waals surface area contributed by atoms with Crippen molar-refractivity contribution < 1.29 is 19.5 Å². The molecule has 0 heterocycles. The van der Waals surface area contributed by atoms with E-state index in [9.17, 15) is 14.4 Å². The maximum atomic E-state index is 11.3. The summed E-state index contributed by atoms with van der Waals surface area (Å²) >= 11 is 0. The number of rotatable bonds is 6. The van der Waals surface area contributed by atoms with E-state index < -0.39 is 17.8 Å². The van der Waals surface area contributed by atoms with E-state index in [4.69, 9.17) is 5.11 Å². The van der Waals surface area contributed by atoms with Gasteiger partial charge in [0.1, 0.15) is 12.1 Å². The molecule has 0 rings (SSSR count). The Kier molecular flexibility index (Phi) is 6.86. The van der Waals surface area contributed by atoms with Crippen LogP contribution in [0, 0.1) is 23.7 Å². The molecule has 0 bridgehead atoms. The molecule has 2 atom stereocenters. The van der Waals surface area contributed by atoms with Crippen LogP contribution in [0.2, 0.25) is 0 Å². The molecule has 88 valence electrons. The summed E-state index contributed by atoms with van der Waals surface area (Å²) in [5.74, 6) is 2.93. The summed E-state index contributed by atoms with van der Waals surface area (Å²) in [6.45, 7) is 3.24. The molecular weight excluding hydrogens is 208 g/mol. The fraction of sp³-hybridized carbons (Fsp3) is 0.583. The second kappa shape index (κ2) is 7.63. The van der Waals surface area contributed by atoms with Gasteiger partial charge in [-0.05, 0) is 6.92 Å². The Morgan fingerprint density at radius 3 is 2.38 bits per heavy atom. The minimum Gasteiger partial charge on any atom is -0.481 e. The number of hydrogen-bond acceptors (Lipinski definition) is 3. The van der Waals surface area contributed by atoms with Gasteiger partial charge in [-0.3, -0.25) is 9.59 Å². The molecule has 0 spiro atoms. The van der Waals surface area contributed by atoms with Crippen LogP contribution in [-0.2, 0) is 14.4 Å². The van der Waals surface area contributed by atoms with Crippen LogP contribution in [0.15, 0.2) is 0 Å². The molecule has 16 heavy (non-hydrogen) atoms. The molecule has 0 fully saturated rings. The van der Waals surface area contributed by atoms with Crippen molar-refractivity contribution in [3.8, 4) is 11.8 Å². The van der Waals surface area contributed by atoms with Gasteiger partial charge in [0, 0.05) is 24.7 Å². The van der Waals surface area contributed by atoms with Crippen molar-refractivity contribution in [3.63, 3.8) is 0 Å². The highest BCUT2D eigenvalue weighted by molar-refractivity contribution is 5.83. The maximum Gasteiger partial charge on any atom is 0.304 e. The Morgan fingerprint density at radius 1 is 1.38 bits per heavy atom. The molecule has 0 saturated heterocycles. The summed E-state index contributed by atoms with van der Waals surface area (Å²) < 4.78 is 0. The smallest absolute Gasteiger partial charge is 0.304 e. The minimum absolute atomic E-state index is 0.191. The van der Waals surface area contributed by atoms with Crippen molar-refractivity contribution in [2.24, 2.45) is 11.8 Å². The highest BCUT2D eigenvalue weighted by Gasteiger charge is 2.26. The highest BCUT2D eigenvalue weighted by atomic mass is 16.4. The number of aliphatic carboxylic acids is 1. The molecular formula is C12H16O4. The Bertz CT molecular complexity index is 322. The molecule has 2 unspecified atom stereocenters. The number of aldehydes is 1. The predicted octanol–water partition coefficient (Wildman–Crippen LogP) is 1.28. The van der Waals surface area contributed by atoms with E-state index in [1.54, 1.807) is 0 Å². The molecule has 0 aliphatic heterocycles. The van der Waals surface area contributed by atoms with E-state index in [-0.39, 0.29) is 18.6 Å².